The topological polar surface area (TPSA) is 53.6 Å². The van der Waals surface area contributed by atoms with E-state index in [0.717, 1.165) is 11.3 Å². The van der Waals surface area contributed by atoms with Crippen molar-refractivity contribution in [1.29, 1.82) is 0 Å². The van der Waals surface area contributed by atoms with Crippen LogP contribution in [-0.4, -0.2) is 10.2 Å². The Kier molecular flexibility index (Phi) is 2.37. The first-order valence-electron chi connectivity index (χ1n) is 4.74. The van der Waals surface area contributed by atoms with E-state index in [2.05, 4.69) is 0 Å². The van der Waals surface area contributed by atoms with Crippen LogP contribution in [0.1, 0.15) is 24.2 Å². The lowest BCUT2D eigenvalue weighted by molar-refractivity contribution is 0.437. The fraction of sp³-hybridized carbons (Fsp3) is 0.167. The van der Waals surface area contributed by atoms with Crippen LogP contribution in [0.25, 0.3) is 0 Å². The molecule has 2 N–H and O–H groups in total. The van der Waals surface area contributed by atoms with E-state index in [9.17, 15) is 5.11 Å². The minimum atomic E-state index is -0.0272. The zero-order valence-electron chi connectivity index (χ0n) is 8.34. The summed E-state index contributed by atoms with van der Waals surface area (Å²) in [6.45, 7) is 1.94. The first-order chi connectivity index (χ1) is 7.18. The molecule has 1 aromatic carbocycles. The maximum absolute atomic E-state index is 9.66. The largest absolute Gasteiger partial charge is 0.508 e. The molecule has 0 saturated carbocycles. The number of furan rings is 1. The van der Waals surface area contributed by atoms with Gasteiger partial charge in [-0.25, -0.2) is 0 Å². The molecule has 15 heavy (non-hydrogen) atoms. The van der Waals surface area contributed by atoms with E-state index in [0.29, 0.717) is 0 Å². The highest BCUT2D eigenvalue weighted by molar-refractivity contribution is 5.43. The monoisotopic (exact) mass is 204 g/mol. The van der Waals surface area contributed by atoms with Crippen molar-refractivity contribution in [3.8, 4) is 11.5 Å². The number of phenolic OH excluding ortho intramolecular Hbond substituents is 2. The van der Waals surface area contributed by atoms with Gasteiger partial charge in [0.1, 0.15) is 17.3 Å². The third-order valence-electron chi connectivity index (χ3n) is 2.45. The quantitative estimate of drug-likeness (QED) is 0.790. The minimum absolute atomic E-state index is 0.0272. The average Bonchev–Trinajstić information content (AvgIpc) is 2.69. The minimum Gasteiger partial charge on any atom is -0.508 e. The van der Waals surface area contributed by atoms with Crippen LogP contribution in [0.2, 0.25) is 0 Å². The summed E-state index contributed by atoms with van der Waals surface area (Å²) < 4.78 is 5.26. The van der Waals surface area contributed by atoms with E-state index < -0.39 is 0 Å². The van der Waals surface area contributed by atoms with Crippen LogP contribution in [0.15, 0.2) is 41.0 Å². The lowest BCUT2D eigenvalue weighted by Gasteiger charge is -2.10. The zero-order valence-corrected chi connectivity index (χ0v) is 8.34. The Labute approximate surface area is 87.6 Å². The number of phenols is 2. The Morgan fingerprint density at radius 3 is 2.60 bits per heavy atom. The Hall–Kier alpha value is -1.90. The SMILES string of the molecule is CC(c1ccco1)c1ccc(O)cc1O. The van der Waals surface area contributed by atoms with Crippen molar-refractivity contribution < 1.29 is 14.6 Å². The van der Waals surface area contributed by atoms with Crippen LogP contribution in [0.4, 0.5) is 0 Å². The predicted molar refractivity (Wildman–Crippen MR) is 56.0 cm³/mol. The van der Waals surface area contributed by atoms with E-state index in [-0.39, 0.29) is 17.4 Å². The molecule has 0 fully saturated rings. The molecule has 1 atom stereocenters. The smallest absolute Gasteiger partial charge is 0.123 e. The standard InChI is InChI=1S/C12H12O3/c1-8(12-3-2-6-15-12)10-5-4-9(13)7-11(10)14/h2-8,13-14H,1H3. The Balaban J connectivity index is 2.38. The molecule has 0 aliphatic heterocycles. The van der Waals surface area contributed by atoms with Gasteiger partial charge in [0.25, 0.3) is 0 Å². The van der Waals surface area contributed by atoms with Gasteiger partial charge in [-0.15, -0.1) is 0 Å². The summed E-state index contributed by atoms with van der Waals surface area (Å²) in [5.41, 5.74) is 0.739. The molecule has 2 aromatic rings. The summed E-state index contributed by atoms with van der Waals surface area (Å²) >= 11 is 0. The summed E-state index contributed by atoms with van der Waals surface area (Å²) in [6, 6.07) is 8.24. The highest BCUT2D eigenvalue weighted by Crippen LogP contribution is 2.33. The van der Waals surface area contributed by atoms with Crippen LogP contribution in [-0.2, 0) is 0 Å². The van der Waals surface area contributed by atoms with Gasteiger partial charge in [-0.2, -0.15) is 0 Å². The van der Waals surface area contributed by atoms with Crippen molar-refractivity contribution in [3.63, 3.8) is 0 Å². The van der Waals surface area contributed by atoms with E-state index in [1.807, 2.05) is 19.1 Å². The number of aromatic hydroxyl groups is 2. The second-order valence-corrected chi connectivity index (χ2v) is 3.48. The second-order valence-electron chi connectivity index (χ2n) is 3.48. The highest BCUT2D eigenvalue weighted by Gasteiger charge is 2.14. The summed E-state index contributed by atoms with van der Waals surface area (Å²) in [5, 5.41) is 18.8. The molecule has 0 saturated heterocycles. The van der Waals surface area contributed by atoms with Crippen molar-refractivity contribution in [1.82, 2.24) is 0 Å². The highest BCUT2D eigenvalue weighted by atomic mass is 16.3. The van der Waals surface area contributed by atoms with Crippen LogP contribution >= 0.6 is 0 Å². The molecule has 1 unspecified atom stereocenters. The predicted octanol–water partition coefficient (Wildman–Crippen LogP) is 2.84. The number of rotatable bonds is 2. The van der Waals surface area contributed by atoms with E-state index in [1.165, 1.54) is 6.07 Å². The molecule has 1 heterocycles. The van der Waals surface area contributed by atoms with Crippen molar-refractivity contribution >= 4 is 0 Å². The molecule has 0 amide bonds. The number of hydrogen-bond acceptors (Lipinski definition) is 3. The molecule has 78 valence electrons. The third kappa shape index (κ3) is 1.81. The van der Waals surface area contributed by atoms with Crippen LogP contribution in [0, 0.1) is 0 Å². The lowest BCUT2D eigenvalue weighted by Crippen LogP contribution is -1.94. The molecule has 0 aliphatic rings. The van der Waals surface area contributed by atoms with Crippen molar-refractivity contribution in [2.75, 3.05) is 0 Å². The van der Waals surface area contributed by atoms with Gasteiger partial charge in [-0.05, 0) is 18.2 Å². The van der Waals surface area contributed by atoms with Gasteiger partial charge >= 0.3 is 0 Å². The van der Waals surface area contributed by atoms with Gasteiger partial charge in [0.05, 0.1) is 6.26 Å². The van der Waals surface area contributed by atoms with Crippen LogP contribution in [0.3, 0.4) is 0 Å². The van der Waals surface area contributed by atoms with Gasteiger partial charge in [0.2, 0.25) is 0 Å². The van der Waals surface area contributed by atoms with Crippen LogP contribution in [0.5, 0.6) is 11.5 Å². The molecule has 0 spiro atoms. The summed E-state index contributed by atoms with van der Waals surface area (Å²) in [6.07, 6.45) is 1.60. The molecular formula is C12H12O3. The maximum atomic E-state index is 9.66. The normalized spacial score (nSPS) is 12.6. The van der Waals surface area contributed by atoms with Crippen LogP contribution < -0.4 is 0 Å². The Morgan fingerprint density at radius 1 is 1.20 bits per heavy atom. The fourth-order valence-electron chi connectivity index (χ4n) is 1.59. The molecule has 3 heteroatoms. The maximum Gasteiger partial charge on any atom is 0.123 e. The number of benzene rings is 1. The summed E-state index contributed by atoms with van der Waals surface area (Å²) in [5.74, 6) is 0.901. The van der Waals surface area contributed by atoms with Gasteiger partial charge in [0, 0.05) is 17.5 Å². The Bertz CT molecular complexity index is 446. The van der Waals surface area contributed by atoms with E-state index >= 15 is 0 Å². The molecular weight excluding hydrogens is 192 g/mol. The molecule has 3 nitrogen and oxygen atoms in total. The summed E-state index contributed by atoms with van der Waals surface area (Å²) in [4.78, 5) is 0. The molecule has 0 aliphatic carbocycles. The van der Waals surface area contributed by atoms with Crippen molar-refractivity contribution in [2.45, 2.75) is 12.8 Å². The van der Waals surface area contributed by atoms with Gasteiger partial charge in [0.15, 0.2) is 0 Å². The van der Waals surface area contributed by atoms with Gasteiger partial charge in [-0.3, -0.25) is 0 Å². The average molecular weight is 204 g/mol. The molecule has 0 radical (unpaired) electrons. The summed E-state index contributed by atoms with van der Waals surface area (Å²) in [7, 11) is 0. The van der Waals surface area contributed by atoms with Gasteiger partial charge in [-0.1, -0.05) is 13.0 Å². The Morgan fingerprint density at radius 2 is 2.00 bits per heavy atom. The van der Waals surface area contributed by atoms with E-state index in [4.69, 9.17) is 9.52 Å². The second kappa shape index (κ2) is 3.69. The van der Waals surface area contributed by atoms with Crippen molar-refractivity contribution in [3.05, 3.63) is 47.9 Å². The first kappa shape index (κ1) is 9.65. The molecule has 0 bridgehead atoms. The number of hydrogen-bond donors (Lipinski definition) is 2. The zero-order chi connectivity index (χ0) is 10.8. The molecule has 1 aromatic heterocycles. The molecule has 2 rings (SSSR count). The fourth-order valence-corrected chi connectivity index (χ4v) is 1.59. The van der Waals surface area contributed by atoms with Gasteiger partial charge < -0.3 is 14.6 Å². The third-order valence-corrected chi connectivity index (χ3v) is 2.45. The van der Waals surface area contributed by atoms with E-state index in [1.54, 1.807) is 18.4 Å². The first-order valence-corrected chi connectivity index (χ1v) is 4.74. The lowest BCUT2D eigenvalue weighted by atomic mass is 9.97. The van der Waals surface area contributed by atoms with Crippen molar-refractivity contribution in [2.24, 2.45) is 0 Å².